The Morgan fingerprint density at radius 3 is 2.00 bits per heavy atom. The van der Waals surface area contributed by atoms with Crippen molar-refractivity contribution in [2.75, 3.05) is 19.0 Å². The highest BCUT2D eigenvalue weighted by Gasteiger charge is 2.15. The zero-order valence-corrected chi connectivity index (χ0v) is 9.23. The van der Waals surface area contributed by atoms with E-state index in [0.717, 1.165) is 5.69 Å². The molecule has 14 heavy (non-hydrogen) atoms. The molecule has 0 radical (unpaired) electrons. The number of carboxylic acid groups (broad SMARTS) is 1. The third-order valence-electron chi connectivity index (χ3n) is 1.76. The summed E-state index contributed by atoms with van der Waals surface area (Å²) in [7, 11) is 3.64. The molecule has 0 saturated heterocycles. The van der Waals surface area contributed by atoms with Crippen LogP contribution in [-0.2, 0) is 0 Å². The highest BCUT2D eigenvalue weighted by atomic mass is 35.5. The molecule has 0 aromatic heterocycles. The molecule has 5 heteroatoms. The molecule has 1 rings (SSSR count). The Morgan fingerprint density at radius 1 is 1.29 bits per heavy atom. The molecule has 0 aliphatic carbocycles. The summed E-state index contributed by atoms with van der Waals surface area (Å²) >= 11 is 11.6. The second-order valence-electron chi connectivity index (χ2n) is 2.98. The zero-order chi connectivity index (χ0) is 10.9. The highest BCUT2D eigenvalue weighted by Crippen LogP contribution is 2.29. The van der Waals surface area contributed by atoms with Crippen LogP contribution in [0.1, 0.15) is 10.4 Å². The Kier molecular flexibility index (Phi) is 3.24. The number of aromatic carboxylic acids is 1. The lowest BCUT2D eigenvalue weighted by molar-refractivity contribution is 0.0697. The van der Waals surface area contributed by atoms with Crippen LogP contribution in [0, 0.1) is 0 Å². The summed E-state index contributed by atoms with van der Waals surface area (Å²) in [5, 5.41) is 9.09. The summed E-state index contributed by atoms with van der Waals surface area (Å²) in [5.74, 6) is -1.12. The fourth-order valence-corrected chi connectivity index (χ4v) is 1.66. The van der Waals surface area contributed by atoms with E-state index in [4.69, 9.17) is 28.3 Å². The van der Waals surface area contributed by atoms with Crippen molar-refractivity contribution in [3.63, 3.8) is 0 Å². The predicted molar refractivity (Wildman–Crippen MR) is 57.7 cm³/mol. The first-order valence-corrected chi connectivity index (χ1v) is 4.58. The standard InChI is InChI=1S/C9H9Cl2NO2/c1-12(2)5-3-6(10)8(9(13)14)7(11)4-5/h3-4H,1-2H3,(H,13,14). The monoisotopic (exact) mass is 233 g/mol. The van der Waals surface area contributed by atoms with Gasteiger partial charge >= 0.3 is 5.97 Å². The van der Waals surface area contributed by atoms with Crippen molar-refractivity contribution in [2.24, 2.45) is 0 Å². The number of hydrogen-bond donors (Lipinski definition) is 1. The van der Waals surface area contributed by atoms with Gasteiger partial charge in [0.05, 0.1) is 15.6 Å². The molecule has 0 unspecified atom stereocenters. The van der Waals surface area contributed by atoms with E-state index in [-0.39, 0.29) is 15.6 Å². The Bertz CT molecular complexity index is 354. The molecule has 0 fully saturated rings. The fourth-order valence-electron chi connectivity index (χ4n) is 1.02. The number of halogens is 2. The average Bonchev–Trinajstić information content (AvgIpc) is 2.01. The van der Waals surface area contributed by atoms with Gasteiger partial charge in [-0.2, -0.15) is 0 Å². The van der Waals surface area contributed by atoms with Crippen LogP contribution < -0.4 is 4.90 Å². The minimum Gasteiger partial charge on any atom is -0.478 e. The van der Waals surface area contributed by atoms with Gasteiger partial charge in [-0.15, -0.1) is 0 Å². The number of benzene rings is 1. The van der Waals surface area contributed by atoms with Crippen LogP contribution in [0.15, 0.2) is 12.1 Å². The van der Waals surface area contributed by atoms with Gasteiger partial charge in [0.1, 0.15) is 0 Å². The van der Waals surface area contributed by atoms with Gasteiger partial charge in [0.2, 0.25) is 0 Å². The van der Waals surface area contributed by atoms with E-state index in [2.05, 4.69) is 0 Å². The first-order valence-electron chi connectivity index (χ1n) is 3.83. The van der Waals surface area contributed by atoms with E-state index in [0.29, 0.717) is 0 Å². The topological polar surface area (TPSA) is 40.5 Å². The van der Waals surface area contributed by atoms with Gasteiger partial charge < -0.3 is 10.0 Å². The van der Waals surface area contributed by atoms with E-state index in [1.54, 1.807) is 17.0 Å². The van der Waals surface area contributed by atoms with Crippen LogP contribution in [0.4, 0.5) is 5.69 Å². The van der Waals surface area contributed by atoms with Crippen molar-refractivity contribution in [3.05, 3.63) is 27.7 Å². The van der Waals surface area contributed by atoms with Gasteiger partial charge in [0, 0.05) is 19.8 Å². The minimum atomic E-state index is -1.12. The molecule has 3 nitrogen and oxygen atoms in total. The van der Waals surface area contributed by atoms with E-state index in [1.807, 2.05) is 14.1 Å². The normalized spacial score (nSPS) is 10.0. The third-order valence-corrected chi connectivity index (χ3v) is 2.35. The molecule has 0 bridgehead atoms. The summed E-state index contributed by atoms with van der Waals surface area (Å²) in [5.41, 5.74) is 0.712. The van der Waals surface area contributed by atoms with Crippen molar-refractivity contribution in [2.45, 2.75) is 0 Å². The van der Waals surface area contributed by atoms with E-state index < -0.39 is 5.97 Å². The maximum Gasteiger partial charge on any atom is 0.338 e. The molecule has 0 saturated carbocycles. The molecule has 0 aliphatic rings. The fraction of sp³-hybridized carbons (Fsp3) is 0.222. The minimum absolute atomic E-state index is 0.0565. The van der Waals surface area contributed by atoms with Crippen LogP contribution in [-0.4, -0.2) is 25.2 Å². The van der Waals surface area contributed by atoms with Crippen molar-refractivity contribution in [1.29, 1.82) is 0 Å². The van der Waals surface area contributed by atoms with Gasteiger partial charge in [0.25, 0.3) is 0 Å². The Hall–Kier alpha value is -0.930. The molecule has 0 spiro atoms. The summed E-state index contributed by atoms with van der Waals surface area (Å²) < 4.78 is 0. The lowest BCUT2D eigenvalue weighted by Gasteiger charge is -2.14. The van der Waals surface area contributed by atoms with Gasteiger partial charge in [-0.3, -0.25) is 0 Å². The van der Waals surface area contributed by atoms with Crippen LogP contribution in [0.2, 0.25) is 10.0 Å². The summed E-state index contributed by atoms with van der Waals surface area (Å²) in [6, 6.07) is 3.13. The van der Waals surface area contributed by atoms with Crippen molar-refractivity contribution < 1.29 is 9.90 Å². The molecule has 76 valence electrons. The van der Waals surface area contributed by atoms with Gasteiger partial charge in [0.15, 0.2) is 0 Å². The van der Waals surface area contributed by atoms with Crippen LogP contribution in [0.25, 0.3) is 0 Å². The van der Waals surface area contributed by atoms with Crippen LogP contribution in [0.3, 0.4) is 0 Å². The maximum absolute atomic E-state index is 10.7. The van der Waals surface area contributed by atoms with E-state index in [9.17, 15) is 4.79 Å². The lowest BCUT2D eigenvalue weighted by atomic mass is 10.2. The number of anilines is 1. The third kappa shape index (κ3) is 2.11. The maximum atomic E-state index is 10.7. The molecule has 0 heterocycles. The quantitative estimate of drug-likeness (QED) is 0.855. The zero-order valence-electron chi connectivity index (χ0n) is 7.71. The largest absolute Gasteiger partial charge is 0.478 e. The Labute approximate surface area is 91.8 Å². The molecule has 1 aromatic rings. The molecule has 0 amide bonds. The summed E-state index contributed by atoms with van der Waals surface area (Å²) in [6.07, 6.45) is 0. The molecule has 1 N–H and O–H groups in total. The number of rotatable bonds is 2. The number of carboxylic acids is 1. The van der Waals surface area contributed by atoms with Crippen LogP contribution >= 0.6 is 23.2 Å². The average molecular weight is 234 g/mol. The first kappa shape index (κ1) is 11.1. The molecular weight excluding hydrogens is 225 g/mol. The molecular formula is C9H9Cl2NO2. The second kappa shape index (κ2) is 4.07. The van der Waals surface area contributed by atoms with E-state index in [1.165, 1.54) is 0 Å². The van der Waals surface area contributed by atoms with Crippen molar-refractivity contribution >= 4 is 34.9 Å². The lowest BCUT2D eigenvalue weighted by Crippen LogP contribution is -2.09. The number of hydrogen-bond acceptors (Lipinski definition) is 2. The van der Waals surface area contributed by atoms with E-state index >= 15 is 0 Å². The predicted octanol–water partition coefficient (Wildman–Crippen LogP) is 2.76. The van der Waals surface area contributed by atoms with Gasteiger partial charge in [-0.05, 0) is 12.1 Å². The first-order chi connectivity index (χ1) is 6.43. The van der Waals surface area contributed by atoms with Crippen LogP contribution in [0.5, 0.6) is 0 Å². The highest BCUT2D eigenvalue weighted by molar-refractivity contribution is 6.39. The number of nitrogens with zero attached hydrogens (tertiary/aromatic N) is 1. The second-order valence-corrected chi connectivity index (χ2v) is 3.80. The van der Waals surface area contributed by atoms with Gasteiger partial charge in [-0.25, -0.2) is 4.79 Å². The van der Waals surface area contributed by atoms with Crippen molar-refractivity contribution in [1.82, 2.24) is 0 Å². The molecule has 0 aliphatic heterocycles. The smallest absolute Gasteiger partial charge is 0.338 e. The van der Waals surface area contributed by atoms with Crippen molar-refractivity contribution in [3.8, 4) is 0 Å². The Morgan fingerprint density at radius 2 is 1.71 bits per heavy atom. The SMILES string of the molecule is CN(C)c1cc(Cl)c(C(=O)O)c(Cl)c1. The summed E-state index contributed by atoms with van der Waals surface area (Å²) in [6.45, 7) is 0. The summed E-state index contributed by atoms with van der Waals surface area (Å²) in [4.78, 5) is 12.5. The number of carbonyl (C=O) groups is 1. The molecule has 1 aromatic carbocycles. The Balaban J connectivity index is 3.32. The molecule has 0 atom stereocenters. The van der Waals surface area contributed by atoms with Gasteiger partial charge in [-0.1, -0.05) is 23.2 Å².